The Hall–Kier alpha value is -2.10. The summed E-state index contributed by atoms with van der Waals surface area (Å²) in [5.41, 5.74) is 2.06. The van der Waals surface area contributed by atoms with Crippen molar-refractivity contribution in [1.29, 1.82) is 0 Å². The maximum Gasteiger partial charge on any atom is 0.213 e. The number of imidazole rings is 1. The largest absolute Gasteiger partial charge is 0.316 e. The van der Waals surface area contributed by atoms with Crippen molar-refractivity contribution in [2.45, 2.75) is 0 Å². The van der Waals surface area contributed by atoms with E-state index in [1.165, 1.54) is 0 Å². The molecule has 0 radical (unpaired) electrons. The molecule has 0 unspecified atom stereocenters. The maximum absolute atomic E-state index is 4.42. The van der Waals surface area contributed by atoms with Crippen LogP contribution in [0.5, 0.6) is 0 Å². The average Bonchev–Trinajstić information content (AvgIpc) is 2.42. The Bertz CT molecular complexity index is 536. The quantitative estimate of drug-likeness (QED) is 0.679. The molecule has 0 fully saturated rings. The number of benzene rings is 1. The van der Waals surface area contributed by atoms with Gasteiger partial charge in [-0.3, -0.25) is 4.57 Å². The van der Waals surface area contributed by atoms with E-state index < -0.39 is 0 Å². The van der Waals surface area contributed by atoms with Crippen LogP contribution in [0.4, 0.5) is 5.95 Å². The van der Waals surface area contributed by atoms with Gasteiger partial charge in [0.1, 0.15) is 0 Å². The number of hydrogen-bond acceptors (Lipinski definition) is 3. The van der Waals surface area contributed by atoms with Crippen LogP contribution in [0.25, 0.3) is 17.2 Å². The third-order valence-corrected chi connectivity index (χ3v) is 2.17. The van der Waals surface area contributed by atoms with Crippen molar-refractivity contribution in [2.75, 3.05) is 5.32 Å². The lowest BCUT2D eigenvalue weighted by atomic mass is 10.3. The molecule has 0 atom stereocenters. The van der Waals surface area contributed by atoms with Crippen molar-refractivity contribution in [3.05, 3.63) is 30.5 Å². The van der Waals surface area contributed by atoms with Crippen LogP contribution in [0.1, 0.15) is 0 Å². The minimum absolute atomic E-state index is 0.795. The molecule has 0 amide bonds. The predicted molar refractivity (Wildman–Crippen MR) is 57.2 cm³/mol. The first-order chi connectivity index (χ1) is 6.95. The molecular formula is C10H8N4. The van der Waals surface area contributed by atoms with Gasteiger partial charge in [0.25, 0.3) is 0 Å². The van der Waals surface area contributed by atoms with Crippen LogP contribution in [-0.4, -0.2) is 15.9 Å². The standard InChI is InChI=1S/C10H8N4/c1-2-4-9-8(3-1)13-10-12-7-11-5-6-14(9)10/h1-7H,(H,11,12,13). The van der Waals surface area contributed by atoms with E-state index in [4.69, 9.17) is 0 Å². The monoisotopic (exact) mass is 184 g/mol. The molecular weight excluding hydrogens is 176 g/mol. The van der Waals surface area contributed by atoms with Gasteiger partial charge in [-0.1, -0.05) is 12.1 Å². The van der Waals surface area contributed by atoms with Gasteiger partial charge in [0, 0.05) is 12.4 Å². The Kier molecular flexibility index (Phi) is 1.41. The van der Waals surface area contributed by atoms with Gasteiger partial charge in [0.15, 0.2) is 0 Å². The van der Waals surface area contributed by atoms with Crippen molar-refractivity contribution in [1.82, 2.24) is 9.55 Å². The molecule has 1 aromatic carbocycles. The van der Waals surface area contributed by atoms with E-state index in [0.717, 1.165) is 17.0 Å². The Balaban J connectivity index is 2.37. The zero-order valence-corrected chi connectivity index (χ0v) is 7.38. The van der Waals surface area contributed by atoms with Gasteiger partial charge in [0.05, 0.1) is 17.4 Å². The van der Waals surface area contributed by atoms with Crippen LogP contribution in [0.15, 0.2) is 35.5 Å². The second-order valence-corrected chi connectivity index (χ2v) is 3.01. The molecule has 0 saturated heterocycles. The number of aromatic nitrogens is 2. The first-order valence-electron chi connectivity index (χ1n) is 4.37. The fourth-order valence-corrected chi connectivity index (χ4v) is 1.54. The number of nitrogens with one attached hydrogen (secondary N) is 1. The van der Waals surface area contributed by atoms with Crippen LogP contribution in [0.3, 0.4) is 0 Å². The van der Waals surface area contributed by atoms with E-state index in [1.807, 2.05) is 35.0 Å². The van der Waals surface area contributed by atoms with E-state index >= 15 is 0 Å². The number of hydrogen-bond donors (Lipinski definition) is 1. The SMILES string of the molecule is C1=Cn2c(nc3ccccc32)NC=N1. The summed E-state index contributed by atoms with van der Waals surface area (Å²) in [4.78, 5) is 8.41. The molecule has 14 heavy (non-hydrogen) atoms. The minimum atomic E-state index is 0.795. The summed E-state index contributed by atoms with van der Waals surface area (Å²) in [6.45, 7) is 0. The molecule has 2 aromatic rings. The van der Waals surface area contributed by atoms with Crippen molar-refractivity contribution < 1.29 is 0 Å². The fourth-order valence-electron chi connectivity index (χ4n) is 1.54. The summed E-state index contributed by atoms with van der Waals surface area (Å²) >= 11 is 0. The van der Waals surface area contributed by atoms with Crippen molar-refractivity contribution >= 4 is 29.5 Å². The third kappa shape index (κ3) is 0.939. The van der Waals surface area contributed by atoms with E-state index in [9.17, 15) is 0 Å². The molecule has 0 saturated carbocycles. The molecule has 0 bridgehead atoms. The van der Waals surface area contributed by atoms with Gasteiger partial charge in [-0.05, 0) is 12.1 Å². The summed E-state index contributed by atoms with van der Waals surface area (Å²) in [6, 6.07) is 8.00. The number of para-hydroxylation sites is 2. The molecule has 3 rings (SSSR count). The molecule has 2 heterocycles. The van der Waals surface area contributed by atoms with Crippen LogP contribution in [0.2, 0.25) is 0 Å². The molecule has 1 aliphatic rings. The number of anilines is 1. The predicted octanol–water partition coefficient (Wildman–Crippen LogP) is 1.92. The molecule has 1 N–H and O–H groups in total. The zero-order chi connectivity index (χ0) is 9.38. The highest BCUT2D eigenvalue weighted by Gasteiger charge is 2.07. The Labute approximate surface area is 80.6 Å². The van der Waals surface area contributed by atoms with Crippen LogP contribution < -0.4 is 5.32 Å². The second kappa shape index (κ2) is 2.70. The average molecular weight is 184 g/mol. The fraction of sp³-hybridized carbons (Fsp3) is 0. The highest BCUT2D eigenvalue weighted by atomic mass is 15.2. The van der Waals surface area contributed by atoms with Crippen molar-refractivity contribution in [2.24, 2.45) is 4.99 Å². The van der Waals surface area contributed by atoms with Crippen LogP contribution in [0, 0.1) is 0 Å². The minimum Gasteiger partial charge on any atom is -0.316 e. The Morgan fingerprint density at radius 1 is 1.21 bits per heavy atom. The van der Waals surface area contributed by atoms with Gasteiger partial charge < -0.3 is 5.32 Å². The first-order valence-corrected chi connectivity index (χ1v) is 4.37. The lowest BCUT2D eigenvalue weighted by molar-refractivity contribution is 1.19. The molecule has 68 valence electrons. The van der Waals surface area contributed by atoms with Gasteiger partial charge in [-0.2, -0.15) is 0 Å². The van der Waals surface area contributed by atoms with Crippen LogP contribution >= 0.6 is 0 Å². The summed E-state index contributed by atoms with van der Waals surface area (Å²) in [5, 5.41) is 3.01. The maximum atomic E-state index is 4.42. The smallest absolute Gasteiger partial charge is 0.213 e. The highest BCUT2D eigenvalue weighted by Crippen LogP contribution is 2.20. The van der Waals surface area contributed by atoms with E-state index in [2.05, 4.69) is 15.3 Å². The second-order valence-electron chi connectivity index (χ2n) is 3.01. The number of aliphatic imine (C=N–C) groups is 1. The van der Waals surface area contributed by atoms with Crippen molar-refractivity contribution in [3.8, 4) is 0 Å². The summed E-state index contributed by atoms with van der Waals surface area (Å²) < 4.78 is 1.97. The van der Waals surface area contributed by atoms with E-state index in [-0.39, 0.29) is 0 Å². The van der Waals surface area contributed by atoms with Crippen molar-refractivity contribution in [3.63, 3.8) is 0 Å². The summed E-state index contributed by atoms with van der Waals surface area (Å²) in [6.07, 6.45) is 5.25. The molecule has 4 heteroatoms. The zero-order valence-electron chi connectivity index (χ0n) is 7.38. The normalized spacial score (nSPS) is 13.7. The number of fused-ring (bicyclic) bond motifs is 3. The molecule has 4 nitrogen and oxygen atoms in total. The number of nitrogens with zero attached hydrogens (tertiary/aromatic N) is 3. The van der Waals surface area contributed by atoms with Gasteiger partial charge >= 0.3 is 0 Å². The first kappa shape index (κ1) is 7.32. The Morgan fingerprint density at radius 3 is 3.14 bits per heavy atom. The number of rotatable bonds is 0. The van der Waals surface area contributed by atoms with Gasteiger partial charge in [0.2, 0.25) is 5.95 Å². The van der Waals surface area contributed by atoms with E-state index in [0.29, 0.717) is 0 Å². The molecule has 1 aliphatic heterocycles. The lowest BCUT2D eigenvalue weighted by Crippen LogP contribution is -1.98. The highest BCUT2D eigenvalue weighted by molar-refractivity contribution is 5.86. The molecule has 0 aliphatic carbocycles. The topological polar surface area (TPSA) is 42.2 Å². The Morgan fingerprint density at radius 2 is 2.14 bits per heavy atom. The molecule has 1 aromatic heterocycles. The summed E-state index contributed by atoms with van der Waals surface area (Å²) in [7, 11) is 0. The third-order valence-electron chi connectivity index (χ3n) is 2.17. The van der Waals surface area contributed by atoms with E-state index in [1.54, 1.807) is 12.5 Å². The van der Waals surface area contributed by atoms with Crippen LogP contribution in [-0.2, 0) is 0 Å². The van der Waals surface area contributed by atoms with Gasteiger partial charge in [-0.25, -0.2) is 9.98 Å². The van der Waals surface area contributed by atoms with Gasteiger partial charge in [-0.15, -0.1) is 0 Å². The lowest BCUT2D eigenvalue weighted by Gasteiger charge is -1.98. The summed E-state index contributed by atoms with van der Waals surface area (Å²) in [5.74, 6) is 0.795. The molecule has 0 spiro atoms.